The maximum Gasteiger partial charge on any atom is 0.217 e. The third-order valence-electron chi connectivity index (χ3n) is 3.91. The summed E-state index contributed by atoms with van der Waals surface area (Å²) in [6, 6.07) is 16.4. The number of rotatable bonds is 4. The molecule has 0 radical (unpaired) electrons. The summed E-state index contributed by atoms with van der Waals surface area (Å²) in [5.74, 6) is 0.828. The van der Waals surface area contributed by atoms with E-state index in [-0.39, 0.29) is 11.9 Å². The zero-order chi connectivity index (χ0) is 16.4. The van der Waals surface area contributed by atoms with E-state index in [1.54, 1.807) is 0 Å². The number of aromatic nitrogens is 2. The lowest BCUT2D eigenvalue weighted by Gasteiger charge is -2.15. The molecule has 1 heterocycles. The fourth-order valence-corrected chi connectivity index (χ4v) is 2.95. The van der Waals surface area contributed by atoms with E-state index in [9.17, 15) is 4.79 Å². The number of carbonyl (C=O) groups excluding carboxylic acids is 1. The maximum absolute atomic E-state index is 11.4. The Morgan fingerprint density at radius 2 is 2.00 bits per heavy atom. The van der Waals surface area contributed by atoms with Gasteiger partial charge in [-0.1, -0.05) is 42.0 Å². The van der Waals surface area contributed by atoms with Crippen molar-refractivity contribution in [2.75, 3.05) is 0 Å². The Labute approximate surface area is 136 Å². The number of hydrogen-bond donors (Lipinski definition) is 1. The lowest BCUT2D eigenvalue weighted by molar-refractivity contribution is -0.119. The molecule has 0 bridgehead atoms. The van der Waals surface area contributed by atoms with Crippen molar-refractivity contribution in [3.63, 3.8) is 0 Å². The number of benzene rings is 2. The van der Waals surface area contributed by atoms with Gasteiger partial charge in [-0.2, -0.15) is 0 Å². The van der Waals surface area contributed by atoms with Crippen LogP contribution < -0.4 is 5.32 Å². The Morgan fingerprint density at radius 3 is 2.74 bits per heavy atom. The number of carbonyl (C=O) groups is 1. The minimum atomic E-state index is -0.135. The molecule has 1 atom stereocenters. The molecule has 0 aliphatic heterocycles. The average molecular weight is 307 g/mol. The SMILES string of the molecule is CC(=O)NC(C)c1nc2ccccc2n1Cc1cccc(C)c1. The summed E-state index contributed by atoms with van der Waals surface area (Å²) in [5, 5.41) is 2.94. The monoisotopic (exact) mass is 307 g/mol. The standard InChI is InChI=1S/C19H21N3O/c1-13-7-6-8-16(11-13)12-22-18-10-5-4-9-17(18)21-19(22)14(2)20-15(3)23/h4-11,14H,12H2,1-3H3,(H,20,23). The summed E-state index contributed by atoms with van der Waals surface area (Å²) < 4.78 is 2.19. The molecule has 1 N–H and O–H groups in total. The largest absolute Gasteiger partial charge is 0.347 e. The number of nitrogens with zero attached hydrogens (tertiary/aromatic N) is 2. The zero-order valence-corrected chi connectivity index (χ0v) is 13.7. The molecule has 0 saturated carbocycles. The van der Waals surface area contributed by atoms with Crippen molar-refractivity contribution in [2.24, 2.45) is 0 Å². The molecule has 0 spiro atoms. The van der Waals surface area contributed by atoms with Gasteiger partial charge in [0, 0.05) is 13.5 Å². The summed E-state index contributed by atoms with van der Waals surface area (Å²) in [6.07, 6.45) is 0. The third kappa shape index (κ3) is 3.26. The molecule has 0 saturated heterocycles. The second-order valence-electron chi connectivity index (χ2n) is 5.96. The van der Waals surface area contributed by atoms with Gasteiger partial charge >= 0.3 is 0 Å². The van der Waals surface area contributed by atoms with Crippen molar-refractivity contribution >= 4 is 16.9 Å². The number of imidazole rings is 1. The number of hydrogen-bond acceptors (Lipinski definition) is 2. The highest BCUT2D eigenvalue weighted by Gasteiger charge is 2.17. The number of aryl methyl sites for hydroxylation is 1. The van der Waals surface area contributed by atoms with Gasteiger partial charge in [-0.25, -0.2) is 4.98 Å². The van der Waals surface area contributed by atoms with Crippen LogP contribution in [0, 0.1) is 6.92 Å². The second kappa shape index (κ2) is 6.24. The van der Waals surface area contributed by atoms with Crippen LogP contribution in [0.5, 0.6) is 0 Å². The van der Waals surface area contributed by atoms with Gasteiger partial charge in [-0.15, -0.1) is 0 Å². The molecule has 3 aromatic rings. The highest BCUT2D eigenvalue weighted by molar-refractivity contribution is 5.77. The Morgan fingerprint density at radius 1 is 1.22 bits per heavy atom. The van der Waals surface area contributed by atoms with E-state index in [0.29, 0.717) is 0 Å². The predicted molar refractivity (Wildman–Crippen MR) is 92.2 cm³/mol. The summed E-state index contributed by atoms with van der Waals surface area (Å²) in [4.78, 5) is 16.1. The fraction of sp³-hybridized carbons (Fsp3) is 0.263. The average Bonchev–Trinajstić information content (AvgIpc) is 2.86. The molecule has 1 aromatic heterocycles. The first-order valence-electron chi connectivity index (χ1n) is 7.82. The van der Waals surface area contributed by atoms with Crippen LogP contribution in [0.1, 0.15) is 36.8 Å². The third-order valence-corrected chi connectivity index (χ3v) is 3.91. The molecule has 1 unspecified atom stereocenters. The molecule has 0 aliphatic rings. The lowest BCUT2D eigenvalue weighted by atomic mass is 10.1. The topological polar surface area (TPSA) is 46.9 Å². The molecule has 3 rings (SSSR count). The van der Waals surface area contributed by atoms with Crippen LogP contribution in [0.2, 0.25) is 0 Å². The Bertz CT molecular complexity index is 851. The normalized spacial score (nSPS) is 12.3. The Hall–Kier alpha value is -2.62. The highest BCUT2D eigenvalue weighted by Crippen LogP contribution is 2.22. The van der Waals surface area contributed by atoms with Crippen LogP contribution >= 0.6 is 0 Å². The molecule has 2 aromatic carbocycles. The Kier molecular flexibility index (Phi) is 4.15. The molecular weight excluding hydrogens is 286 g/mol. The second-order valence-corrected chi connectivity index (χ2v) is 5.96. The first-order chi connectivity index (χ1) is 11.0. The first kappa shape index (κ1) is 15.3. The van der Waals surface area contributed by atoms with Crippen molar-refractivity contribution in [1.82, 2.24) is 14.9 Å². The Balaban J connectivity index is 2.07. The van der Waals surface area contributed by atoms with Gasteiger partial charge in [0.2, 0.25) is 5.91 Å². The minimum Gasteiger partial charge on any atom is -0.347 e. The van der Waals surface area contributed by atoms with Crippen LogP contribution in [0.15, 0.2) is 48.5 Å². The predicted octanol–water partition coefficient (Wildman–Crippen LogP) is 3.59. The van der Waals surface area contributed by atoms with Crippen molar-refractivity contribution < 1.29 is 4.79 Å². The molecule has 118 valence electrons. The van der Waals surface area contributed by atoms with E-state index in [2.05, 4.69) is 47.1 Å². The van der Waals surface area contributed by atoms with Crippen molar-refractivity contribution in [3.05, 3.63) is 65.5 Å². The smallest absolute Gasteiger partial charge is 0.217 e. The lowest BCUT2D eigenvalue weighted by Crippen LogP contribution is -2.26. The van der Waals surface area contributed by atoms with Gasteiger partial charge in [0.05, 0.1) is 17.1 Å². The highest BCUT2D eigenvalue weighted by atomic mass is 16.1. The molecular formula is C19H21N3O. The van der Waals surface area contributed by atoms with Crippen molar-refractivity contribution in [1.29, 1.82) is 0 Å². The van der Waals surface area contributed by atoms with E-state index in [1.165, 1.54) is 18.1 Å². The molecule has 4 heteroatoms. The molecule has 0 fully saturated rings. The number of fused-ring (bicyclic) bond motifs is 1. The van der Waals surface area contributed by atoms with E-state index >= 15 is 0 Å². The first-order valence-corrected chi connectivity index (χ1v) is 7.82. The minimum absolute atomic E-state index is 0.0494. The van der Waals surface area contributed by atoms with Gasteiger partial charge in [0.1, 0.15) is 5.82 Å². The van der Waals surface area contributed by atoms with Gasteiger partial charge < -0.3 is 9.88 Å². The van der Waals surface area contributed by atoms with Crippen molar-refractivity contribution in [3.8, 4) is 0 Å². The summed E-state index contributed by atoms with van der Waals surface area (Å²) in [6.45, 7) is 6.33. The molecule has 4 nitrogen and oxygen atoms in total. The molecule has 23 heavy (non-hydrogen) atoms. The molecule has 0 aliphatic carbocycles. The van der Waals surface area contributed by atoms with E-state index in [0.717, 1.165) is 23.4 Å². The van der Waals surface area contributed by atoms with Crippen LogP contribution in [0.25, 0.3) is 11.0 Å². The van der Waals surface area contributed by atoms with Gasteiger partial charge in [0.15, 0.2) is 0 Å². The van der Waals surface area contributed by atoms with Crippen LogP contribution in [0.4, 0.5) is 0 Å². The number of para-hydroxylation sites is 2. The van der Waals surface area contributed by atoms with Crippen LogP contribution in [-0.4, -0.2) is 15.5 Å². The van der Waals surface area contributed by atoms with E-state index in [1.807, 2.05) is 25.1 Å². The molecule has 1 amide bonds. The van der Waals surface area contributed by atoms with Crippen LogP contribution in [-0.2, 0) is 11.3 Å². The van der Waals surface area contributed by atoms with Gasteiger partial charge in [0.25, 0.3) is 0 Å². The number of amides is 1. The van der Waals surface area contributed by atoms with Gasteiger partial charge in [-0.3, -0.25) is 4.79 Å². The summed E-state index contributed by atoms with van der Waals surface area (Å²) in [5.41, 5.74) is 4.50. The fourth-order valence-electron chi connectivity index (χ4n) is 2.95. The maximum atomic E-state index is 11.4. The summed E-state index contributed by atoms with van der Waals surface area (Å²) in [7, 11) is 0. The quantitative estimate of drug-likeness (QED) is 0.800. The number of nitrogens with one attached hydrogen (secondary N) is 1. The summed E-state index contributed by atoms with van der Waals surface area (Å²) >= 11 is 0. The van der Waals surface area contributed by atoms with Crippen molar-refractivity contribution in [2.45, 2.75) is 33.4 Å². The van der Waals surface area contributed by atoms with E-state index in [4.69, 9.17) is 4.98 Å². The van der Waals surface area contributed by atoms with Gasteiger partial charge in [-0.05, 0) is 31.5 Å². The van der Waals surface area contributed by atoms with Crippen LogP contribution in [0.3, 0.4) is 0 Å². The van der Waals surface area contributed by atoms with E-state index < -0.39 is 0 Å². The zero-order valence-electron chi connectivity index (χ0n) is 13.7.